The summed E-state index contributed by atoms with van der Waals surface area (Å²) in [6.07, 6.45) is 5.95. The van der Waals surface area contributed by atoms with E-state index in [1.54, 1.807) is 37.5 Å². The molecule has 0 radical (unpaired) electrons. The zero-order chi connectivity index (χ0) is 73.4. The quantitative estimate of drug-likeness (QED) is 0.0564. The first-order chi connectivity index (χ1) is 50.2. The molecule has 9 aromatic rings. The second-order valence-corrected chi connectivity index (χ2v) is 28.9. The lowest BCUT2D eigenvalue weighted by molar-refractivity contribution is -0.147. The minimum absolute atomic E-state index is 0.00968. The van der Waals surface area contributed by atoms with Crippen LogP contribution in [0.3, 0.4) is 0 Å². The Morgan fingerprint density at radius 3 is 1.86 bits per heavy atom. The number of rotatable bonds is 11. The van der Waals surface area contributed by atoms with Gasteiger partial charge in [0.2, 0.25) is 53.2 Å². The van der Waals surface area contributed by atoms with Crippen molar-refractivity contribution in [2.45, 2.75) is 138 Å². The molecule has 2 aliphatic rings. The Bertz CT molecular complexity index is 4640. The highest BCUT2D eigenvalue weighted by atomic mass is 32.2. The number of phenolic OH excluding ortho intramolecular Hbond substituents is 1. The molecule has 11 rings (SSSR count). The van der Waals surface area contributed by atoms with Crippen molar-refractivity contribution < 1.29 is 61.5 Å². The van der Waals surface area contributed by atoms with Crippen LogP contribution in [0, 0.1) is 11.6 Å². The highest BCUT2D eigenvalue weighted by molar-refractivity contribution is 7.98. The molecule has 546 valence electrons. The molecule has 27 heteroatoms. The first-order valence-corrected chi connectivity index (χ1v) is 37.3. The fourth-order valence-electron chi connectivity index (χ4n) is 13.6. The van der Waals surface area contributed by atoms with Gasteiger partial charge in [-0.2, -0.15) is 23.5 Å². The number of aryl methyl sites for hydroxylation is 1. The average molecular weight is 1460 g/mol. The molecule has 0 saturated carbocycles. The number of hydrogen-bond acceptors (Lipinski definition) is 14. The lowest BCUT2D eigenvalue weighted by Crippen LogP contribution is -2.62. The van der Waals surface area contributed by atoms with Crippen molar-refractivity contribution in [3.05, 3.63) is 184 Å². The summed E-state index contributed by atoms with van der Waals surface area (Å²) in [6, 6.07) is 27.7. The van der Waals surface area contributed by atoms with Gasteiger partial charge in [0.1, 0.15) is 64.3 Å². The van der Waals surface area contributed by atoms with Gasteiger partial charge in [-0.15, -0.1) is 0 Å². The van der Waals surface area contributed by atoms with Gasteiger partial charge in [0, 0.05) is 113 Å². The summed E-state index contributed by atoms with van der Waals surface area (Å²) in [4.78, 5) is 135. The summed E-state index contributed by atoms with van der Waals surface area (Å²) in [7, 11) is 0. The highest BCUT2D eigenvalue weighted by Gasteiger charge is 2.48. The van der Waals surface area contributed by atoms with Gasteiger partial charge in [0.25, 0.3) is 0 Å². The molecule has 0 aliphatic carbocycles. The second kappa shape index (κ2) is 34.8. The van der Waals surface area contributed by atoms with Crippen molar-refractivity contribution >= 4 is 120 Å². The minimum Gasteiger partial charge on any atom is -0.508 e. The van der Waals surface area contributed by atoms with Crippen LogP contribution in [0.25, 0.3) is 43.7 Å². The number of nitrogens with two attached hydrogens (primary N) is 2. The third-order valence-corrected chi connectivity index (χ3v) is 21.3. The molecular formula is C77H86F2N12O11S2. The number of para-hydroxylation sites is 2. The normalized spacial score (nSPS) is 21.3. The number of nitrogens with one attached hydrogen (secondary N) is 9. The largest absolute Gasteiger partial charge is 0.508 e. The number of primary amides is 1. The molecule has 104 heavy (non-hydrogen) atoms. The van der Waals surface area contributed by atoms with E-state index in [9.17, 15) is 57.0 Å². The molecule has 4 bridgehead atoms. The summed E-state index contributed by atoms with van der Waals surface area (Å²) in [5.41, 5.74) is 17.6. The fraction of sp³-hybridized carbons (Fsp3) is 0.364. The van der Waals surface area contributed by atoms with Gasteiger partial charge >= 0.3 is 0 Å². The maximum atomic E-state index is 14.9. The van der Waals surface area contributed by atoms with Crippen LogP contribution in [0.5, 0.6) is 5.75 Å². The number of fused-ring (bicyclic) bond motifs is 6. The van der Waals surface area contributed by atoms with Crippen molar-refractivity contribution in [3.8, 4) is 5.75 Å². The Kier molecular flexibility index (Phi) is 25.1. The molecule has 6 atom stereocenters. The number of aromatic hydroxyl groups is 1. The molecule has 2 aliphatic heterocycles. The molecule has 9 amide bonds. The summed E-state index contributed by atoms with van der Waals surface area (Å²) in [6.45, 7) is 1.60. The molecule has 6 aromatic carbocycles. The molecule has 14 N–H and O–H groups in total. The van der Waals surface area contributed by atoms with Crippen LogP contribution in [-0.4, -0.2) is 147 Å². The van der Waals surface area contributed by atoms with E-state index < -0.39 is 107 Å². The van der Waals surface area contributed by atoms with Crippen LogP contribution in [0.1, 0.15) is 97.2 Å². The number of hydrogen-bond donors (Lipinski definition) is 12. The van der Waals surface area contributed by atoms with Crippen molar-refractivity contribution in [3.63, 3.8) is 0 Å². The third-order valence-electron chi connectivity index (χ3n) is 19.2. The Hall–Kier alpha value is -10.2. The van der Waals surface area contributed by atoms with Crippen LogP contribution >= 0.6 is 23.5 Å². The molecule has 5 heterocycles. The Morgan fingerprint density at radius 2 is 1.20 bits per heavy atom. The first-order valence-electron chi connectivity index (χ1n) is 35.0. The molecule has 23 nitrogen and oxygen atoms in total. The smallest absolute Gasteiger partial charge is 0.246 e. The summed E-state index contributed by atoms with van der Waals surface area (Å²) < 4.78 is 36.4. The van der Waals surface area contributed by atoms with Gasteiger partial charge in [-0.1, -0.05) is 72.8 Å². The monoisotopic (exact) mass is 1460 g/mol. The van der Waals surface area contributed by atoms with Crippen LogP contribution in [-0.2, 0) is 86.8 Å². The summed E-state index contributed by atoms with van der Waals surface area (Å²) in [5.74, 6) is -5.06. The van der Waals surface area contributed by atoms with E-state index in [0.717, 1.165) is 33.0 Å². The van der Waals surface area contributed by atoms with Gasteiger partial charge < -0.3 is 73.1 Å². The van der Waals surface area contributed by atoms with Crippen LogP contribution < -0.4 is 48.7 Å². The Morgan fingerprint density at radius 1 is 0.606 bits per heavy atom. The lowest BCUT2D eigenvalue weighted by atomic mass is 9.95. The minimum atomic E-state index is -1.42. The average Bonchev–Trinajstić information content (AvgIpc) is 1.61. The maximum absolute atomic E-state index is 14.9. The van der Waals surface area contributed by atoms with E-state index in [1.165, 1.54) is 70.9 Å². The van der Waals surface area contributed by atoms with Gasteiger partial charge in [-0.25, -0.2) is 8.78 Å². The second-order valence-electron chi connectivity index (χ2n) is 26.7. The number of halogens is 2. The molecule has 1 saturated heterocycles. The van der Waals surface area contributed by atoms with Crippen LogP contribution in [0.2, 0.25) is 0 Å². The lowest BCUT2D eigenvalue weighted by Gasteiger charge is -2.37. The third kappa shape index (κ3) is 18.9. The summed E-state index contributed by atoms with van der Waals surface area (Å²) >= 11 is 2.89. The SMILES string of the molecule is C[C@@]12CCCN1C(=O)C(Cc1ccc(O)cc1)NC(=O)CCCc1cccc3c1oc1c(cccc13)CCNC(=O)[C@H](Cc1c[nH]c3ccc(F)cc13)NC(=O)[C@@H](Cc1c[nH]c3ccc(F)cc13)NC(=O)CNC(=O)[C@H](CCCCN)NC(=O)CCSCc1cccc(c1)CSC[C@H](C(N)=O)NC2=O. The van der Waals surface area contributed by atoms with E-state index in [1.807, 2.05) is 60.7 Å². The van der Waals surface area contributed by atoms with E-state index in [0.29, 0.717) is 106 Å². The molecule has 1 unspecified atom stereocenters. The van der Waals surface area contributed by atoms with E-state index in [4.69, 9.17) is 15.9 Å². The topological polar surface area (TPSA) is 358 Å². The fourth-order valence-corrected chi connectivity index (χ4v) is 15.5. The Balaban J connectivity index is 0.859. The van der Waals surface area contributed by atoms with Crippen molar-refractivity contribution in [1.29, 1.82) is 0 Å². The number of carbonyl (C=O) groups excluding carboxylic acids is 9. The number of unbranched alkanes of at least 4 members (excludes halogenated alkanes) is 1. The standard InChI is InChI=1S/C77H86F2N12O11S2/c1-77-28-8-31-91(77)75(100)64(34-45-18-22-54(92)23-19-45)88-66(93)17-7-13-48-11-5-14-55-56-15-6-12-49(70(56)102-69(48)55)26-30-82-73(98)62(35-50-39-83-59-24-20-52(78)37-57(50)59)89-74(99)63(36-51-40-84-60-25-21-53(79)38-58(51)60)87-68(95)41-85-72(97)61(16-2-3-29-80)86-67(94)27-32-103-42-46-9-4-10-47(33-46)43-104-44-65(71(81)96)90-76(77)101/h4-6,9-12,14-15,18-25,33,37-40,61-65,83-84,92H,2-3,7-8,13,16-17,26-32,34-36,41-44,80H2,1H3,(H2,81,96)(H,82,98)(H,85,97)(H,86,94)(H,87,95)(H,88,93)(H,89,99)(H,90,101)/t61-,62-,63+,64?,65+,77-/m0/s1. The molecule has 3 aromatic heterocycles. The van der Waals surface area contributed by atoms with Crippen molar-refractivity contribution in [2.24, 2.45) is 11.5 Å². The zero-order valence-corrected chi connectivity index (χ0v) is 59.3. The predicted octanol–water partition coefficient (Wildman–Crippen LogP) is 7.35. The number of benzene rings is 6. The van der Waals surface area contributed by atoms with Crippen molar-refractivity contribution in [2.75, 3.05) is 37.7 Å². The van der Waals surface area contributed by atoms with E-state index in [-0.39, 0.29) is 76.0 Å². The highest BCUT2D eigenvalue weighted by Crippen LogP contribution is 2.35. The van der Waals surface area contributed by atoms with Gasteiger partial charge in [0.05, 0.1) is 6.54 Å². The number of amides is 9. The molecule has 1 fully saturated rings. The number of thioether (sulfide) groups is 2. The van der Waals surface area contributed by atoms with Gasteiger partial charge in [-0.05, 0) is 152 Å². The predicted molar refractivity (Wildman–Crippen MR) is 397 cm³/mol. The number of aromatic nitrogens is 2. The zero-order valence-electron chi connectivity index (χ0n) is 57.6. The molecule has 0 spiro atoms. The van der Waals surface area contributed by atoms with E-state index >= 15 is 0 Å². The number of nitrogens with zero attached hydrogens (tertiary/aromatic N) is 1. The summed E-state index contributed by atoms with van der Waals surface area (Å²) in [5, 5.41) is 32.5. The van der Waals surface area contributed by atoms with Crippen molar-refractivity contribution in [1.82, 2.24) is 52.1 Å². The number of H-pyrrole nitrogens is 2. The molecular weight excluding hydrogens is 1370 g/mol. The van der Waals surface area contributed by atoms with E-state index in [2.05, 4.69) is 47.2 Å². The first kappa shape index (κ1) is 74.9. The number of aromatic amines is 2. The number of furan rings is 1. The van der Waals surface area contributed by atoms with Crippen LogP contribution in [0.4, 0.5) is 8.78 Å². The van der Waals surface area contributed by atoms with Crippen LogP contribution in [0.15, 0.2) is 138 Å². The number of carbonyl (C=O) groups is 9. The van der Waals surface area contributed by atoms with Gasteiger partial charge in [-0.3, -0.25) is 43.2 Å². The van der Waals surface area contributed by atoms with Gasteiger partial charge in [0.15, 0.2) is 0 Å². The Labute approximate surface area is 607 Å². The number of phenols is 1. The maximum Gasteiger partial charge on any atom is 0.246 e.